The van der Waals surface area contributed by atoms with Crippen LogP contribution in [0.4, 0.5) is 17.1 Å². The van der Waals surface area contributed by atoms with Crippen molar-refractivity contribution in [1.29, 1.82) is 0 Å². The Kier molecular flexibility index (Phi) is 6.47. The second-order valence-electron chi connectivity index (χ2n) is 12.8. The van der Waals surface area contributed by atoms with E-state index in [2.05, 4.69) is 64.2 Å². The average Bonchev–Trinajstić information content (AvgIpc) is 3.89. The molecule has 0 saturated heterocycles. The summed E-state index contributed by atoms with van der Waals surface area (Å²) in [6.45, 7) is 8.20. The van der Waals surface area contributed by atoms with Crippen LogP contribution >= 0.6 is 0 Å². The average molecular weight is 812 g/mol. The molecule has 1 aliphatic rings. The fourth-order valence-corrected chi connectivity index (χ4v) is 6.99. The Morgan fingerprint density at radius 3 is 1.92 bits per heavy atom. The Morgan fingerprint density at radius 2 is 1.29 bits per heavy atom. The molecule has 4 heterocycles. The van der Waals surface area contributed by atoms with Crippen LogP contribution in [0.25, 0.3) is 60.7 Å². The summed E-state index contributed by atoms with van der Waals surface area (Å²) in [6, 6.07) is 32.8. The van der Waals surface area contributed by atoms with Gasteiger partial charge in [-0.15, -0.1) is 47.2 Å². The standard InChI is InChI=1S/C41H33N4O2.Pt/c1-24(2)29-9-8-10-30(25(3)4)39(29)26-21-42-45(22-26)28-14-16-36-32(20-28)41-38(47-36)18-17-37-40(41)31-19-27(13-15-35(31)46-37)44-23-43(5)33-11-6-7-12-34(33)44;/h6-18,21-25H,1-5H3;/q-3;/i5D3;. The van der Waals surface area contributed by atoms with E-state index in [9.17, 15) is 0 Å². The Hall–Kier alpha value is -4.80. The topological polar surface area (TPSA) is 50.6 Å². The van der Waals surface area contributed by atoms with Gasteiger partial charge in [0.15, 0.2) is 0 Å². The van der Waals surface area contributed by atoms with E-state index in [0.29, 0.717) is 45.5 Å². The molecule has 48 heavy (non-hydrogen) atoms. The summed E-state index contributed by atoms with van der Waals surface area (Å²) in [5, 5.41) is 8.14. The van der Waals surface area contributed by atoms with E-state index in [4.69, 9.17) is 18.0 Å². The van der Waals surface area contributed by atoms with Crippen LogP contribution < -0.4 is 9.80 Å². The zero-order chi connectivity index (χ0) is 34.5. The molecule has 3 aromatic heterocycles. The summed E-state index contributed by atoms with van der Waals surface area (Å²) in [4.78, 5) is 3.17. The number of hydrogen-bond acceptors (Lipinski definition) is 5. The van der Waals surface area contributed by atoms with Crippen molar-refractivity contribution >= 4 is 60.9 Å². The fraction of sp³-hybridized carbons (Fsp3) is 0.171. The van der Waals surface area contributed by atoms with E-state index in [1.54, 1.807) is 6.67 Å². The molecule has 6 nitrogen and oxygen atoms in total. The second kappa shape index (κ2) is 11.4. The first-order valence-electron chi connectivity index (χ1n) is 17.4. The van der Waals surface area contributed by atoms with Crippen molar-refractivity contribution in [3.05, 3.63) is 121 Å². The van der Waals surface area contributed by atoms with Gasteiger partial charge in [0.2, 0.25) is 0 Å². The van der Waals surface area contributed by atoms with E-state index in [0.717, 1.165) is 38.5 Å². The molecular formula is C41H33N4O2Pt-3. The van der Waals surface area contributed by atoms with Gasteiger partial charge in [-0.1, -0.05) is 74.5 Å². The van der Waals surface area contributed by atoms with Crippen LogP contribution in [0.5, 0.6) is 0 Å². The Bertz CT molecular complexity index is 2590. The number of para-hydroxylation sites is 2. The third-order valence-corrected chi connectivity index (χ3v) is 9.24. The van der Waals surface area contributed by atoms with Gasteiger partial charge in [-0.25, -0.2) is 0 Å². The Labute approximate surface area is 298 Å². The van der Waals surface area contributed by atoms with Crippen molar-refractivity contribution in [2.45, 2.75) is 39.5 Å². The summed E-state index contributed by atoms with van der Waals surface area (Å²) in [5.41, 5.74) is 10.6. The molecule has 242 valence electrons. The summed E-state index contributed by atoms with van der Waals surface area (Å²) >= 11 is 0. The number of anilines is 3. The van der Waals surface area contributed by atoms with Crippen molar-refractivity contribution in [2.24, 2.45) is 0 Å². The van der Waals surface area contributed by atoms with Crippen molar-refractivity contribution in [1.82, 2.24) is 9.78 Å². The first-order valence-corrected chi connectivity index (χ1v) is 15.9. The third kappa shape index (κ3) is 4.61. The Balaban J connectivity index is 0.00000374. The normalized spacial score (nSPS) is 14.3. The van der Waals surface area contributed by atoms with Gasteiger partial charge in [0.1, 0.15) is 0 Å². The van der Waals surface area contributed by atoms with Gasteiger partial charge < -0.3 is 18.6 Å². The molecule has 1 aliphatic heterocycles. The van der Waals surface area contributed by atoms with Crippen LogP contribution in [0.3, 0.4) is 0 Å². The molecule has 0 N–H and O–H groups in total. The molecule has 7 heteroatoms. The molecule has 0 aliphatic carbocycles. The summed E-state index contributed by atoms with van der Waals surface area (Å²) in [6.07, 6.45) is 4.03. The number of nitrogens with zero attached hydrogens (tertiary/aromatic N) is 4. The van der Waals surface area contributed by atoms with Crippen LogP contribution in [0.15, 0.2) is 100 Å². The number of furan rings is 2. The van der Waals surface area contributed by atoms with Crippen molar-refractivity contribution in [2.75, 3.05) is 16.8 Å². The van der Waals surface area contributed by atoms with E-state index < -0.39 is 6.98 Å². The summed E-state index contributed by atoms with van der Waals surface area (Å²) < 4.78 is 38.9. The zero-order valence-electron chi connectivity index (χ0n) is 29.8. The maximum atomic E-state index is 8.11. The zero-order valence-corrected chi connectivity index (χ0v) is 29.1. The van der Waals surface area contributed by atoms with Crippen molar-refractivity contribution in [3.63, 3.8) is 0 Å². The van der Waals surface area contributed by atoms with E-state index in [-0.39, 0.29) is 21.1 Å². The third-order valence-electron chi connectivity index (χ3n) is 9.24. The molecule has 0 unspecified atom stereocenters. The predicted octanol–water partition coefficient (Wildman–Crippen LogP) is 10.9. The SMILES string of the molecule is [2H]C([2H])([2H])N1[CH-]N(c2[c-]c3c(cc2)oc2ccc4oc5ccc(-n6cc(-c7c(C(C)C)cccc7C(C)C)cn6)[c-]c5c4c23)c2ccccc21.[Pt]. The first kappa shape index (κ1) is 27.2. The van der Waals surface area contributed by atoms with Crippen LogP contribution in [-0.2, 0) is 21.1 Å². The predicted molar refractivity (Wildman–Crippen MR) is 191 cm³/mol. The van der Waals surface area contributed by atoms with Gasteiger partial charge in [0.25, 0.3) is 0 Å². The molecule has 0 radical (unpaired) electrons. The van der Waals surface area contributed by atoms with Crippen molar-refractivity contribution in [3.8, 4) is 16.8 Å². The van der Waals surface area contributed by atoms with Crippen molar-refractivity contribution < 1.29 is 34.0 Å². The number of hydrogen-bond donors (Lipinski definition) is 0. The first-order chi connectivity index (χ1) is 24.1. The Morgan fingerprint density at radius 1 is 0.708 bits per heavy atom. The maximum Gasteiger partial charge on any atom is 0.0722 e. The minimum Gasteiger partial charge on any atom is -0.511 e. The molecule has 0 amide bonds. The number of aromatic nitrogens is 2. The van der Waals surface area contributed by atoms with Crippen LogP contribution in [-0.4, -0.2) is 16.8 Å². The second-order valence-corrected chi connectivity index (χ2v) is 12.8. The molecule has 5 aromatic carbocycles. The van der Waals surface area contributed by atoms with Gasteiger partial charge in [-0.2, -0.15) is 11.8 Å². The monoisotopic (exact) mass is 811 g/mol. The summed E-state index contributed by atoms with van der Waals surface area (Å²) in [7, 11) is 0. The minimum atomic E-state index is -2.34. The smallest absolute Gasteiger partial charge is 0.0722 e. The van der Waals surface area contributed by atoms with E-state index in [1.807, 2.05) is 76.4 Å². The quantitative estimate of drug-likeness (QED) is 0.162. The molecule has 0 fully saturated rings. The molecule has 8 aromatic rings. The van der Waals surface area contributed by atoms with Gasteiger partial charge in [0, 0.05) is 59.5 Å². The minimum absolute atomic E-state index is 0. The molecular weight excluding hydrogens is 776 g/mol. The molecule has 0 atom stereocenters. The molecule has 0 bridgehead atoms. The van der Waals surface area contributed by atoms with Crippen LogP contribution in [0, 0.1) is 18.8 Å². The van der Waals surface area contributed by atoms with Gasteiger partial charge in [-0.05, 0) is 65.5 Å². The van der Waals surface area contributed by atoms with E-state index >= 15 is 0 Å². The number of benzene rings is 5. The maximum absolute atomic E-state index is 8.11. The largest absolute Gasteiger partial charge is 0.511 e. The van der Waals surface area contributed by atoms with Gasteiger partial charge >= 0.3 is 0 Å². The molecule has 9 rings (SSSR count). The number of rotatable bonds is 5. The molecule has 0 spiro atoms. The number of fused-ring (bicyclic) bond motifs is 8. The molecule has 0 saturated carbocycles. The van der Waals surface area contributed by atoms with Gasteiger partial charge in [-0.3, -0.25) is 4.68 Å². The van der Waals surface area contributed by atoms with E-state index in [1.165, 1.54) is 21.6 Å². The van der Waals surface area contributed by atoms with Gasteiger partial charge in [0.05, 0.1) is 17.4 Å². The van der Waals surface area contributed by atoms with Crippen LogP contribution in [0.2, 0.25) is 0 Å². The van der Waals surface area contributed by atoms with Crippen LogP contribution in [0.1, 0.15) is 54.8 Å². The fourth-order valence-electron chi connectivity index (χ4n) is 6.99. The summed E-state index contributed by atoms with van der Waals surface area (Å²) in [5.74, 6) is 0.741.